The molecule has 4 aromatic rings. The van der Waals surface area contributed by atoms with Crippen LogP contribution in [0.5, 0.6) is 11.5 Å². The first-order valence-corrected chi connectivity index (χ1v) is 12.2. The van der Waals surface area contributed by atoms with E-state index < -0.39 is 5.97 Å². The molecule has 0 amide bonds. The molecule has 0 unspecified atom stereocenters. The highest BCUT2D eigenvalue weighted by molar-refractivity contribution is 8.00. The average molecular weight is 498 g/mol. The fraction of sp³-hybridized carbons (Fsp3) is 0.231. The number of carbonyl (C=O) groups is 1. The van der Waals surface area contributed by atoms with Crippen LogP contribution in [0.25, 0.3) is 22.2 Å². The van der Waals surface area contributed by atoms with Gasteiger partial charge < -0.3 is 19.1 Å². The minimum atomic E-state index is -0.834. The van der Waals surface area contributed by atoms with Gasteiger partial charge in [0.15, 0.2) is 5.58 Å². The normalized spacial score (nSPS) is 12.0. The average Bonchev–Trinajstić information content (AvgIpc) is 3.23. The van der Waals surface area contributed by atoms with E-state index in [0.29, 0.717) is 35.1 Å². The van der Waals surface area contributed by atoms with E-state index in [-0.39, 0.29) is 11.9 Å². The third kappa shape index (κ3) is 5.85. The second kappa shape index (κ2) is 10.8. The van der Waals surface area contributed by atoms with Crippen LogP contribution in [0.3, 0.4) is 0 Å². The number of thioether (sulfide) groups is 1. The number of hydrogen-bond donors (Lipinski definition) is 1. The summed E-state index contributed by atoms with van der Waals surface area (Å²) in [6, 6.07) is 18.8. The quantitative estimate of drug-likeness (QED) is 0.239. The lowest BCUT2D eigenvalue weighted by molar-refractivity contribution is -0.133. The molecule has 1 N–H and O–H groups in total. The number of ether oxygens (including phenoxy) is 2. The molecule has 34 heavy (non-hydrogen) atoms. The second-order valence-corrected chi connectivity index (χ2v) is 9.30. The maximum Gasteiger partial charge on any atom is 0.313 e. The molecule has 0 spiro atoms. The van der Waals surface area contributed by atoms with E-state index in [4.69, 9.17) is 30.7 Å². The molecule has 0 aliphatic rings. The van der Waals surface area contributed by atoms with Gasteiger partial charge in [-0.2, -0.15) is 0 Å². The van der Waals surface area contributed by atoms with E-state index in [0.717, 1.165) is 27.2 Å². The number of nitrogens with zero attached hydrogens (tertiary/aromatic N) is 1. The monoisotopic (exact) mass is 497 g/mol. The predicted molar refractivity (Wildman–Crippen MR) is 134 cm³/mol. The summed E-state index contributed by atoms with van der Waals surface area (Å²) in [5, 5.41) is 14.6. The Morgan fingerprint density at radius 2 is 2.00 bits per heavy atom. The molecule has 0 fully saturated rings. The molecule has 3 aromatic carbocycles. The van der Waals surface area contributed by atoms with Crippen molar-refractivity contribution < 1.29 is 23.9 Å². The van der Waals surface area contributed by atoms with Gasteiger partial charge in [-0.05, 0) is 67.9 Å². The summed E-state index contributed by atoms with van der Waals surface area (Å²) in [5.41, 5.74) is 3.15. The summed E-state index contributed by atoms with van der Waals surface area (Å²) in [7, 11) is 0. The van der Waals surface area contributed by atoms with Gasteiger partial charge in [0.2, 0.25) is 0 Å². The summed E-state index contributed by atoms with van der Waals surface area (Å²) in [4.78, 5) is 11.7. The van der Waals surface area contributed by atoms with Gasteiger partial charge in [-0.3, -0.25) is 4.79 Å². The number of para-hydroxylation sites is 1. The SMILES string of the molecule is Cc1cc(OCC[C@@H](C)Oc2ccc(Cl)cc2-c2noc3ccccc23)ccc1SCC(=O)O. The number of benzene rings is 3. The first-order chi connectivity index (χ1) is 16.4. The van der Waals surface area contributed by atoms with Crippen molar-refractivity contribution in [1.82, 2.24) is 5.16 Å². The van der Waals surface area contributed by atoms with Gasteiger partial charge in [-0.1, -0.05) is 28.9 Å². The van der Waals surface area contributed by atoms with E-state index in [1.165, 1.54) is 11.8 Å². The van der Waals surface area contributed by atoms with Gasteiger partial charge in [-0.25, -0.2) is 0 Å². The number of aromatic nitrogens is 1. The fourth-order valence-corrected chi connectivity index (χ4v) is 4.40. The summed E-state index contributed by atoms with van der Waals surface area (Å²) >= 11 is 7.57. The van der Waals surface area contributed by atoms with Crippen LogP contribution >= 0.6 is 23.4 Å². The summed E-state index contributed by atoms with van der Waals surface area (Å²) in [6.07, 6.45) is 0.542. The molecule has 0 aliphatic carbocycles. The third-order valence-electron chi connectivity index (χ3n) is 5.19. The molecule has 0 saturated carbocycles. The summed E-state index contributed by atoms with van der Waals surface area (Å²) in [5.74, 6) is 0.615. The number of halogens is 1. The molecule has 0 saturated heterocycles. The van der Waals surface area contributed by atoms with Crippen molar-refractivity contribution >= 4 is 40.3 Å². The highest BCUT2D eigenvalue weighted by Gasteiger charge is 2.17. The molecule has 8 heteroatoms. The Kier molecular flexibility index (Phi) is 7.65. The summed E-state index contributed by atoms with van der Waals surface area (Å²) in [6.45, 7) is 4.40. The van der Waals surface area contributed by atoms with Crippen molar-refractivity contribution in [2.75, 3.05) is 12.4 Å². The molecule has 176 valence electrons. The van der Waals surface area contributed by atoms with Crippen LogP contribution < -0.4 is 9.47 Å². The Hall–Kier alpha value is -3.16. The number of aliphatic carboxylic acids is 1. The first kappa shape index (κ1) is 24.0. The Bertz CT molecular complexity index is 1310. The zero-order valence-electron chi connectivity index (χ0n) is 18.8. The highest BCUT2D eigenvalue weighted by atomic mass is 35.5. The fourth-order valence-electron chi connectivity index (χ4n) is 3.50. The van der Waals surface area contributed by atoms with E-state index in [2.05, 4.69) is 5.16 Å². The van der Waals surface area contributed by atoms with Crippen molar-refractivity contribution in [3.8, 4) is 22.8 Å². The van der Waals surface area contributed by atoms with Crippen LogP contribution in [0.1, 0.15) is 18.9 Å². The van der Waals surface area contributed by atoms with Crippen LogP contribution in [-0.2, 0) is 4.79 Å². The first-order valence-electron chi connectivity index (χ1n) is 10.8. The molecule has 0 radical (unpaired) electrons. The van der Waals surface area contributed by atoms with Crippen LogP contribution in [0.4, 0.5) is 0 Å². The van der Waals surface area contributed by atoms with Crippen molar-refractivity contribution in [1.29, 1.82) is 0 Å². The third-order valence-corrected chi connectivity index (χ3v) is 6.59. The molecule has 6 nitrogen and oxygen atoms in total. The molecule has 1 aromatic heterocycles. The topological polar surface area (TPSA) is 81.8 Å². The maximum atomic E-state index is 10.8. The van der Waals surface area contributed by atoms with Gasteiger partial charge in [0.25, 0.3) is 0 Å². The van der Waals surface area contributed by atoms with Gasteiger partial charge in [0.1, 0.15) is 17.2 Å². The molecular formula is C26H24ClNO5S. The van der Waals surface area contributed by atoms with E-state index in [1.807, 2.05) is 68.4 Å². The lowest BCUT2D eigenvalue weighted by Crippen LogP contribution is -2.16. The smallest absolute Gasteiger partial charge is 0.313 e. The Morgan fingerprint density at radius 1 is 1.18 bits per heavy atom. The van der Waals surface area contributed by atoms with Crippen molar-refractivity contribution in [2.24, 2.45) is 0 Å². The zero-order chi connectivity index (χ0) is 24.1. The summed E-state index contributed by atoms with van der Waals surface area (Å²) < 4.78 is 17.6. The second-order valence-electron chi connectivity index (χ2n) is 7.84. The minimum Gasteiger partial charge on any atom is -0.493 e. The molecule has 1 atom stereocenters. The number of carboxylic acids is 1. The van der Waals surface area contributed by atoms with E-state index in [1.54, 1.807) is 6.07 Å². The van der Waals surface area contributed by atoms with Gasteiger partial charge in [0, 0.05) is 27.3 Å². The highest BCUT2D eigenvalue weighted by Crippen LogP contribution is 2.37. The van der Waals surface area contributed by atoms with Crippen LogP contribution in [-0.4, -0.2) is 34.7 Å². The van der Waals surface area contributed by atoms with Gasteiger partial charge >= 0.3 is 5.97 Å². The number of rotatable bonds is 10. The number of hydrogen-bond acceptors (Lipinski definition) is 6. The molecule has 0 bridgehead atoms. The largest absolute Gasteiger partial charge is 0.493 e. The Labute approximate surface area is 206 Å². The lowest BCUT2D eigenvalue weighted by atomic mass is 10.1. The molecular weight excluding hydrogens is 474 g/mol. The van der Waals surface area contributed by atoms with Crippen molar-refractivity contribution in [3.63, 3.8) is 0 Å². The standard InChI is InChI=1S/C26H24ClNO5S/c1-16-13-19(8-10-24(16)34-15-25(29)30)31-12-11-17(2)32-22-9-7-18(27)14-21(22)26-20-5-3-4-6-23(20)33-28-26/h3-10,13-14,17H,11-12,15H2,1-2H3,(H,29,30)/t17-/m1/s1. The van der Waals surface area contributed by atoms with Crippen LogP contribution in [0, 0.1) is 6.92 Å². The molecule has 0 aliphatic heterocycles. The maximum absolute atomic E-state index is 10.8. The van der Waals surface area contributed by atoms with Crippen LogP contribution in [0.15, 0.2) is 70.1 Å². The lowest BCUT2D eigenvalue weighted by Gasteiger charge is -2.18. The predicted octanol–water partition coefficient (Wildman–Crippen LogP) is 6.87. The van der Waals surface area contributed by atoms with Gasteiger partial charge in [0.05, 0.1) is 18.5 Å². The number of aryl methyl sites for hydroxylation is 1. The Morgan fingerprint density at radius 3 is 2.79 bits per heavy atom. The number of fused-ring (bicyclic) bond motifs is 1. The van der Waals surface area contributed by atoms with Crippen LogP contribution in [0.2, 0.25) is 5.02 Å². The Balaban J connectivity index is 1.39. The van der Waals surface area contributed by atoms with Gasteiger partial charge in [-0.15, -0.1) is 11.8 Å². The molecule has 1 heterocycles. The van der Waals surface area contributed by atoms with E-state index >= 15 is 0 Å². The van der Waals surface area contributed by atoms with Crippen molar-refractivity contribution in [2.45, 2.75) is 31.3 Å². The molecule has 4 rings (SSSR count). The minimum absolute atomic E-state index is 0.0344. The zero-order valence-corrected chi connectivity index (χ0v) is 20.4. The van der Waals surface area contributed by atoms with E-state index in [9.17, 15) is 4.79 Å². The van der Waals surface area contributed by atoms with Crippen molar-refractivity contribution in [3.05, 3.63) is 71.2 Å². The number of carboxylic acid groups (broad SMARTS) is 1.